The van der Waals surface area contributed by atoms with Gasteiger partial charge in [-0.3, -0.25) is 0 Å². The van der Waals surface area contributed by atoms with Crippen molar-refractivity contribution in [1.29, 1.82) is 5.26 Å². The Morgan fingerprint density at radius 3 is 2.48 bits per heavy atom. The van der Waals surface area contributed by atoms with Crippen molar-refractivity contribution in [3.8, 4) is 6.07 Å². The summed E-state index contributed by atoms with van der Waals surface area (Å²) in [4.78, 5) is 0. The van der Waals surface area contributed by atoms with E-state index in [4.69, 9.17) is 17.5 Å². The largest absolute Gasteiger partial charge is 0.356 e. The van der Waals surface area contributed by atoms with Crippen LogP contribution >= 0.6 is 12.2 Å². The summed E-state index contributed by atoms with van der Waals surface area (Å²) in [5, 5.41) is 15.8. The number of nitrogens with one attached hydrogen (secondary N) is 2. The van der Waals surface area contributed by atoms with Crippen molar-refractivity contribution in [2.24, 2.45) is 0 Å². The number of hydrogen-bond donors (Lipinski definition) is 2. The Morgan fingerprint density at radius 1 is 1.17 bits per heavy atom. The summed E-state index contributed by atoms with van der Waals surface area (Å²) in [5.41, 5.74) is 5.67. The molecule has 0 amide bonds. The van der Waals surface area contributed by atoms with Gasteiger partial charge >= 0.3 is 0 Å². The van der Waals surface area contributed by atoms with E-state index in [1.54, 1.807) is 0 Å². The van der Waals surface area contributed by atoms with Crippen LogP contribution in [0.25, 0.3) is 0 Å². The Hall–Kier alpha value is -2.38. The van der Waals surface area contributed by atoms with Crippen LogP contribution < -0.4 is 10.6 Å². The summed E-state index contributed by atoms with van der Waals surface area (Å²) in [5.74, 6) is 0. The topological polar surface area (TPSA) is 47.8 Å². The van der Waals surface area contributed by atoms with Gasteiger partial charge in [0.25, 0.3) is 0 Å². The molecule has 3 nitrogen and oxygen atoms in total. The molecule has 1 atom stereocenters. The fraction of sp³-hybridized carbons (Fsp3) is 0.263. The molecule has 2 aromatic carbocycles. The number of nitrogens with zero attached hydrogens (tertiary/aromatic N) is 1. The number of anilines is 1. The molecule has 0 heterocycles. The first kappa shape index (κ1) is 17.0. The zero-order chi connectivity index (χ0) is 16.8. The molecule has 0 aliphatic carbocycles. The average molecular weight is 323 g/mol. The fourth-order valence-corrected chi connectivity index (χ4v) is 2.84. The van der Waals surface area contributed by atoms with Gasteiger partial charge in [-0.05, 0) is 61.8 Å². The second-order valence-corrected chi connectivity index (χ2v) is 6.12. The Bertz CT molecular complexity index is 729. The van der Waals surface area contributed by atoms with E-state index in [1.807, 2.05) is 24.3 Å². The fourth-order valence-electron chi connectivity index (χ4n) is 2.55. The zero-order valence-corrected chi connectivity index (χ0v) is 14.5. The van der Waals surface area contributed by atoms with Crippen molar-refractivity contribution in [2.75, 3.05) is 5.32 Å². The smallest absolute Gasteiger partial charge is 0.171 e. The van der Waals surface area contributed by atoms with Gasteiger partial charge in [0, 0.05) is 5.69 Å². The molecule has 0 aromatic heterocycles. The van der Waals surface area contributed by atoms with Gasteiger partial charge in [-0.25, -0.2) is 0 Å². The molecule has 118 valence electrons. The number of thiocarbonyl (C=S) groups is 1. The molecule has 2 rings (SSSR count). The summed E-state index contributed by atoms with van der Waals surface area (Å²) in [6, 6.07) is 16.4. The Balaban J connectivity index is 1.97. The third kappa shape index (κ3) is 4.80. The SMILES string of the molecule is Cc1ccc([C@@H](C)NC(=S)Nc2ccc(CC#N)cc2)c(C)c1. The lowest BCUT2D eigenvalue weighted by Gasteiger charge is -2.19. The van der Waals surface area contributed by atoms with Crippen molar-refractivity contribution < 1.29 is 0 Å². The van der Waals surface area contributed by atoms with E-state index in [2.05, 4.69) is 55.7 Å². The van der Waals surface area contributed by atoms with Crippen molar-refractivity contribution in [1.82, 2.24) is 5.32 Å². The highest BCUT2D eigenvalue weighted by Gasteiger charge is 2.09. The van der Waals surface area contributed by atoms with E-state index in [-0.39, 0.29) is 6.04 Å². The molecule has 0 fully saturated rings. The minimum Gasteiger partial charge on any atom is -0.356 e. The second kappa shape index (κ2) is 7.75. The Kier molecular flexibility index (Phi) is 5.72. The Labute approximate surface area is 143 Å². The second-order valence-electron chi connectivity index (χ2n) is 5.71. The molecule has 0 aliphatic rings. The molecule has 2 N–H and O–H groups in total. The highest BCUT2D eigenvalue weighted by Crippen LogP contribution is 2.19. The highest BCUT2D eigenvalue weighted by atomic mass is 32.1. The maximum Gasteiger partial charge on any atom is 0.171 e. The standard InChI is InChI=1S/C19H21N3S/c1-13-4-9-18(14(2)12-13)15(3)21-19(23)22-17-7-5-16(6-8-17)10-11-20/h4-9,12,15H,10H2,1-3H3,(H2,21,22,23)/t15-/m1/s1. The minimum atomic E-state index is 0.133. The van der Waals surface area contributed by atoms with Crippen molar-refractivity contribution in [3.63, 3.8) is 0 Å². The summed E-state index contributed by atoms with van der Waals surface area (Å²) < 4.78 is 0. The lowest BCUT2D eigenvalue weighted by molar-refractivity contribution is 0.717. The zero-order valence-electron chi connectivity index (χ0n) is 13.7. The van der Waals surface area contributed by atoms with E-state index < -0.39 is 0 Å². The van der Waals surface area contributed by atoms with E-state index in [9.17, 15) is 0 Å². The highest BCUT2D eigenvalue weighted by molar-refractivity contribution is 7.80. The van der Waals surface area contributed by atoms with E-state index >= 15 is 0 Å². The maximum absolute atomic E-state index is 8.68. The van der Waals surface area contributed by atoms with Crippen molar-refractivity contribution in [3.05, 3.63) is 64.7 Å². The van der Waals surface area contributed by atoms with Gasteiger partial charge < -0.3 is 10.6 Å². The quantitative estimate of drug-likeness (QED) is 0.818. The van der Waals surface area contributed by atoms with Crippen LogP contribution in [0.1, 0.15) is 35.2 Å². The minimum absolute atomic E-state index is 0.133. The van der Waals surface area contributed by atoms with Gasteiger partial charge in [0.2, 0.25) is 0 Å². The van der Waals surface area contributed by atoms with Gasteiger partial charge in [0.15, 0.2) is 5.11 Å². The first-order valence-corrected chi connectivity index (χ1v) is 8.01. The third-order valence-electron chi connectivity index (χ3n) is 3.73. The molecule has 0 spiro atoms. The van der Waals surface area contributed by atoms with Crippen LogP contribution in [0.5, 0.6) is 0 Å². The van der Waals surface area contributed by atoms with Crippen molar-refractivity contribution >= 4 is 23.0 Å². The van der Waals surface area contributed by atoms with Crippen LogP contribution in [0.3, 0.4) is 0 Å². The molecule has 0 saturated carbocycles. The molecular weight excluding hydrogens is 302 g/mol. The third-order valence-corrected chi connectivity index (χ3v) is 3.95. The molecule has 23 heavy (non-hydrogen) atoms. The number of aryl methyl sites for hydroxylation is 2. The Morgan fingerprint density at radius 2 is 1.87 bits per heavy atom. The van der Waals surface area contributed by atoms with Crippen LogP contribution in [0.15, 0.2) is 42.5 Å². The summed E-state index contributed by atoms with van der Waals surface area (Å²) in [7, 11) is 0. The van der Waals surface area contributed by atoms with Crippen LogP contribution in [-0.4, -0.2) is 5.11 Å². The van der Waals surface area contributed by atoms with E-state index in [1.165, 1.54) is 16.7 Å². The molecule has 4 heteroatoms. The van der Waals surface area contributed by atoms with Gasteiger partial charge in [-0.2, -0.15) is 5.26 Å². The molecule has 0 saturated heterocycles. The summed E-state index contributed by atoms with van der Waals surface area (Å²) in [6.07, 6.45) is 0.423. The predicted molar refractivity (Wildman–Crippen MR) is 99.4 cm³/mol. The molecule has 2 aromatic rings. The lowest BCUT2D eigenvalue weighted by Crippen LogP contribution is -2.31. The predicted octanol–water partition coefficient (Wildman–Crippen LogP) is 4.42. The van der Waals surface area contributed by atoms with Gasteiger partial charge in [-0.1, -0.05) is 35.9 Å². The molecule has 0 aliphatic heterocycles. The molecule has 0 bridgehead atoms. The average Bonchev–Trinajstić information content (AvgIpc) is 2.49. The summed E-state index contributed by atoms with van der Waals surface area (Å²) in [6.45, 7) is 6.31. The van der Waals surface area contributed by atoms with Gasteiger partial charge in [0.1, 0.15) is 0 Å². The van der Waals surface area contributed by atoms with Crippen LogP contribution in [-0.2, 0) is 6.42 Å². The van der Waals surface area contributed by atoms with E-state index in [0.29, 0.717) is 11.5 Å². The number of rotatable bonds is 4. The van der Waals surface area contributed by atoms with Crippen LogP contribution in [0.2, 0.25) is 0 Å². The van der Waals surface area contributed by atoms with Crippen molar-refractivity contribution in [2.45, 2.75) is 33.2 Å². The number of nitriles is 1. The van der Waals surface area contributed by atoms with Gasteiger partial charge in [-0.15, -0.1) is 0 Å². The first-order chi connectivity index (χ1) is 11.0. The molecular formula is C19H21N3S. The van der Waals surface area contributed by atoms with Crippen LogP contribution in [0, 0.1) is 25.2 Å². The molecule has 0 radical (unpaired) electrons. The first-order valence-electron chi connectivity index (χ1n) is 7.60. The maximum atomic E-state index is 8.68. The molecule has 0 unspecified atom stereocenters. The number of hydrogen-bond acceptors (Lipinski definition) is 2. The monoisotopic (exact) mass is 323 g/mol. The normalized spacial score (nSPS) is 11.4. The van der Waals surface area contributed by atoms with Crippen LogP contribution in [0.4, 0.5) is 5.69 Å². The lowest BCUT2D eigenvalue weighted by atomic mass is 10.0. The number of benzene rings is 2. The summed E-state index contributed by atoms with van der Waals surface area (Å²) >= 11 is 5.39. The van der Waals surface area contributed by atoms with E-state index in [0.717, 1.165) is 11.3 Å². The van der Waals surface area contributed by atoms with Gasteiger partial charge in [0.05, 0.1) is 18.5 Å².